The van der Waals surface area contributed by atoms with Crippen molar-refractivity contribution < 1.29 is 4.74 Å². The number of halogens is 3. The zero-order chi connectivity index (χ0) is 13.4. The molecule has 3 rings (SSSR count). The highest BCUT2D eigenvalue weighted by Crippen LogP contribution is 2.32. The van der Waals surface area contributed by atoms with Crippen molar-refractivity contribution in [3.05, 3.63) is 45.8 Å². The highest BCUT2D eigenvalue weighted by atomic mass is 35.5. The molecule has 3 aromatic rings. The Balaban J connectivity index is 2.07. The first-order chi connectivity index (χ1) is 9.13. The molecule has 0 aliphatic rings. The van der Waals surface area contributed by atoms with E-state index in [9.17, 15) is 0 Å². The van der Waals surface area contributed by atoms with Crippen LogP contribution in [0.15, 0.2) is 30.6 Å². The molecule has 0 atom stereocenters. The lowest BCUT2D eigenvalue weighted by Crippen LogP contribution is -1.98. The molecule has 0 radical (unpaired) electrons. The predicted molar refractivity (Wildman–Crippen MR) is 72.3 cm³/mol. The smallest absolute Gasteiger partial charge is 0.256 e. The molecule has 0 bridgehead atoms. The lowest BCUT2D eigenvalue weighted by Gasteiger charge is -2.08. The second kappa shape index (κ2) is 4.85. The van der Waals surface area contributed by atoms with Gasteiger partial charge in [0.25, 0.3) is 5.78 Å². The van der Waals surface area contributed by atoms with E-state index in [1.807, 2.05) is 0 Å². The molecule has 2 aromatic heterocycles. The van der Waals surface area contributed by atoms with Crippen molar-refractivity contribution in [2.24, 2.45) is 0 Å². The first-order valence-corrected chi connectivity index (χ1v) is 6.26. The van der Waals surface area contributed by atoms with Crippen LogP contribution in [0.3, 0.4) is 0 Å². The van der Waals surface area contributed by atoms with Crippen LogP contribution >= 0.6 is 34.8 Å². The molecule has 19 heavy (non-hydrogen) atoms. The average Bonchev–Trinajstić information content (AvgIpc) is 2.80. The molecule has 0 amide bonds. The molecule has 5 nitrogen and oxygen atoms in total. The van der Waals surface area contributed by atoms with Crippen LogP contribution in [0.25, 0.3) is 5.78 Å². The number of aromatic nitrogens is 4. The minimum Gasteiger partial charge on any atom is -0.437 e. The van der Waals surface area contributed by atoms with E-state index < -0.39 is 0 Å². The number of hydrogen-bond donors (Lipinski definition) is 0. The number of ether oxygens (including phenoxy) is 1. The van der Waals surface area contributed by atoms with Crippen LogP contribution in [0.2, 0.25) is 15.2 Å². The maximum absolute atomic E-state index is 6.04. The van der Waals surface area contributed by atoms with Crippen LogP contribution < -0.4 is 4.74 Å². The predicted octanol–water partition coefficient (Wildman–Crippen LogP) is 3.88. The number of nitrogens with zero attached hydrogens (tertiary/aromatic N) is 4. The monoisotopic (exact) mass is 314 g/mol. The van der Waals surface area contributed by atoms with Crippen molar-refractivity contribution in [1.29, 1.82) is 0 Å². The van der Waals surface area contributed by atoms with Gasteiger partial charge >= 0.3 is 0 Å². The first kappa shape index (κ1) is 12.5. The molecule has 8 heteroatoms. The van der Waals surface area contributed by atoms with E-state index in [0.717, 1.165) is 0 Å². The maximum Gasteiger partial charge on any atom is 0.256 e. The molecule has 0 saturated carbocycles. The van der Waals surface area contributed by atoms with Gasteiger partial charge in [0.15, 0.2) is 0 Å². The SMILES string of the molecule is Clc1ccc(Oc2cc(Cl)nc3ncnn23)c(Cl)c1. The van der Waals surface area contributed by atoms with Crippen LogP contribution in [0, 0.1) is 0 Å². The van der Waals surface area contributed by atoms with Gasteiger partial charge in [0.05, 0.1) is 5.02 Å². The van der Waals surface area contributed by atoms with Crippen LogP contribution in [0.1, 0.15) is 0 Å². The van der Waals surface area contributed by atoms with Gasteiger partial charge in [-0.1, -0.05) is 34.8 Å². The van der Waals surface area contributed by atoms with Crippen LogP contribution in [0.5, 0.6) is 11.6 Å². The van der Waals surface area contributed by atoms with Gasteiger partial charge in [-0.15, -0.1) is 0 Å². The summed E-state index contributed by atoms with van der Waals surface area (Å²) >= 11 is 17.8. The van der Waals surface area contributed by atoms with Gasteiger partial charge in [0.2, 0.25) is 5.88 Å². The van der Waals surface area contributed by atoms with Gasteiger partial charge < -0.3 is 4.74 Å². The summed E-state index contributed by atoms with van der Waals surface area (Å²) < 4.78 is 7.08. The summed E-state index contributed by atoms with van der Waals surface area (Å²) in [7, 11) is 0. The van der Waals surface area contributed by atoms with E-state index in [1.165, 1.54) is 16.9 Å². The molecular weight excluding hydrogens is 311 g/mol. The number of rotatable bonds is 2. The Kier molecular flexibility index (Phi) is 3.18. The van der Waals surface area contributed by atoms with Gasteiger partial charge in [-0.3, -0.25) is 0 Å². The van der Waals surface area contributed by atoms with Crippen molar-refractivity contribution in [1.82, 2.24) is 19.6 Å². The molecule has 0 N–H and O–H groups in total. The van der Waals surface area contributed by atoms with E-state index in [4.69, 9.17) is 39.5 Å². The van der Waals surface area contributed by atoms with E-state index >= 15 is 0 Å². The quantitative estimate of drug-likeness (QED) is 0.673. The Morgan fingerprint density at radius 3 is 2.74 bits per heavy atom. The van der Waals surface area contributed by atoms with Crippen molar-refractivity contribution in [3.8, 4) is 11.6 Å². The Morgan fingerprint density at radius 1 is 1.11 bits per heavy atom. The minimum atomic E-state index is 0.251. The fourth-order valence-electron chi connectivity index (χ4n) is 1.50. The van der Waals surface area contributed by atoms with Crippen LogP contribution in [-0.2, 0) is 0 Å². The van der Waals surface area contributed by atoms with Gasteiger partial charge in [0.1, 0.15) is 17.2 Å². The third-order valence-electron chi connectivity index (χ3n) is 2.30. The van der Waals surface area contributed by atoms with Crippen LogP contribution in [0.4, 0.5) is 0 Å². The van der Waals surface area contributed by atoms with Crippen molar-refractivity contribution in [3.63, 3.8) is 0 Å². The third-order valence-corrected chi connectivity index (χ3v) is 3.02. The molecule has 0 aliphatic carbocycles. The van der Waals surface area contributed by atoms with Crippen LogP contribution in [-0.4, -0.2) is 19.6 Å². The second-order valence-electron chi connectivity index (χ2n) is 3.57. The topological polar surface area (TPSA) is 52.3 Å². The average molecular weight is 316 g/mol. The van der Waals surface area contributed by atoms with Gasteiger partial charge in [-0.25, -0.2) is 0 Å². The van der Waals surface area contributed by atoms with E-state index in [1.54, 1.807) is 18.2 Å². The molecule has 2 heterocycles. The van der Waals surface area contributed by atoms with Crippen molar-refractivity contribution >= 4 is 40.6 Å². The van der Waals surface area contributed by atoms with Gasteiger partial charge in [-0.05, 0) is 18.2 Å². The molecule has 0 aliphatic heterocycles. The molecule has 96 valence electrons. The third kappa shape index (κ3) is 2.45. The lowest BCUT2D eigenvalue weighted by atomic mass is 10.3. The van der Waals surface area contributed by atoms with Gasteiger partial charge in [-0.2, -0.15) is 19.6 Å². The van der Waals surface area contributed by atoms with Crippen molar-refractivity contribution in [2.45, 2.75) is 0 Å². The normalized spacial score (nSPS) is 10.9. The lowest BCUT2D eigenvalue weighted by molar-refractivity contribution is 0.446. The Bertz CT molecular complexity index is 759. The molecule has 0 spiro atoms. The summed E-state index contributed by atoms with van der Waals surface area (Å²) in [5, 5.41) is 5.15. The zero-order valence-corrected chi connectivity index (χ0v) is 11.5. The molecule has 0 fully saturated rings. The number of benzene rings is 1. The van der Waals surface area contributed by atoms with E-state index in [2.05, 4.69) is 15.1 Å². The zero-order valence-electron chi connectivity index (χ0n) is 9.22. The molecule has 0 unspecified atom stereocenters. The summed E-state index contributed by atoms with van der Waals surface area (Å²) in [6.07, 6.45) is 1.36. The summed E-state index contributed by atoms with van der Waals surface area (Å²) in [6.45, 7) is 0. The summed E-state index contributed by atoms with van der Waals surface area (Å²) in [4.78, 5) is 7.94. The largest absolute Gasteiger partial charge is 0.437 e. The van der Waals surface area contributed by atoms with Crippen molar-refractivity contribution in [2.75, 3.05) is 0 Å². The summed E-state index contributed by atoms with van der Waals surface area (Å²) in [5.41, 5.74) is 0. The van der Waals surface area contributed by atoms with Gasteiger partial charge in [0, 0.05) is 11.1 Å². The molecule has 0 saturated heterocycles. The Labute approximate surface area is 122 Å². The fourth-order valence-corrected chi connectivity index (χ4v) is 2.12. The highest BCUT2D eigenvalue weighted by Gasteiger charge is 2.10. The number of hydrogen-bond acceptors (Lipinski definition) is 4. The Morgan fingerprint density at radius 2 is 1.95 bits per heavy atom. The maximum atomic E-state index is 6.04. The fraction of sp³-hybridized carbons (Fsp3) is 0. The molecular formula is C11H5Cl3N4O. The minimum absolute atomic E-state index is 0.251. The van der Waals surface area contributed by atoms with E-state index in [-0.39, 0.29) is 5.15 Å². The molecule has 1 aromatic carbocycles. The second-order valence-corrected chi connectivity index (χ2v) is 4.80. The van der Waals surface area contributed by atoms with E-state index in [0.29, 0.717) is 27.5 Å². The highest BCUT2D eigenvalue weighted by molar-refractivity contribution is 6.35. The first-order valence-electron chi connectivity index (χ1n) is 5.13. The Hall–Kier alpha value is -1.56. The summed E-state index contributed by atoms with van der Waals surface area (Å²) in [6, 6.07) is 6.43. The standard InChI is InChI=1S/C11H5Cl3N4O/c12-6-1-2-8(7(13)3-6)19-10-4-9(14)17-11-15-5-16-18(10)11/h1-5H. The number of fused-ring (bicyclic) bond motifs is 1. The summed E-state index contributed by atoms with van der Waals surface area (Å²) in [5.74, 6) is 1.13.